The Morgan fingerprint density at radius 1 is 0.442 bits per heavy atom. The molecule has 0 radical (unpaired) electrons. The molecule has 0 unspecified atom stereocenters. The molecule has 0 fully saturated rings. The summed E-state index contributed by atoms with van der Waals surface area (Å²) in [6.07, 6.45) is 0. The molecule has 0 aliphatic heterocycles. The minimum absolute atomic E-state index is 0.178. The molecule has 9 aromatic rings. The summed E-state index contributed by atoms with van der Waals surface area (Å²) in [6, 6.07) is 31.7. The van der Waals surface area contributed by atoms with Gasteiger partial charge in [-0.1, -0.05) is 139 Å². The van der Waals surface area contributed by atoms with Crippen molar-refractivity contribution in [3.8, 4) is 33.6 Å². The van der Waals surface area contributed by atoms with E-state index >= 15 is 0 Å². The Hall–Kier alpha value is -5.66. The summed E-state index contributed by atoms with van der Waals surface area (Å²) in [5.41, 5.74) is 3.27. The summed E-state index contributed by atoms with van der Waals surface area (Å²) in [5, 5.41) is 5.05. The Bertz CT molecular complexity index is 2870. The summed E-state index contributed by atoms with van der Waals surface area (Å²) in [5.74, 6) is 0.653. The molecule has 1 heterocycles. The van der Waals surface area contributed by atoms with Crippen LogP contribution in [-0.4, -0.2) is 0 Å². The second kappa shape index (κ2) is 9.44. The highest BCUT2D eigenvalue weighted by atomic mass is 16.3. The predicted octanol–water partition coefficient (Wildman–Crippen LogP) is 12.0. The molecule has 9 rings (SSSR count). The standard InChI is InChI=1S/C42H26O/c1-2-12-28(13-3-1)39-26-31-25-30(23-24-38(31)43-39)41-33-16-6-8-18-35(33)42(36-19-9-7-17-34(36)41)37-20-10-14-29-22-21-27-11-4-5-15-32(27)40(29)37/h1-26H/i6D,7D,8D,9D,16D,17D,18D,19D. The molecule has 8 aromatic carbocycles. The Balaban J connectivity index is 1.52. The topological polar surface area (TPSA) is 13.1 Å². The molecule has 1 aromatic heterocycles. The Morgan fingerprint density at radius 2 is 1.09 bits per heavy atom. The van der Waals surface area contributed by atoms with Gasteiger partial charge in [0, 0.05) is 10.9 Å². The van der Waals surface area contributed by atoms with Crippen molar-refractivity contribution in [3.63, 3.8) is 0 Å². The van der Waals surface area contributed by atoms with Crippen LogP contribution in [0.5, 0.6) is 0 Å². The van der Waals surface area contributed by atoms with E-state index in [4.69, 9.17) is 9.90 Å². The highest BCUT2D eigenvalue weighted by Gasteiger charge is 2.19. The van der Waals surface area contributed by atoms with Gasteiger partial charge in [0.15, 0.2) is 0 Å². The molecule has 0 atom stereocenters. The monoisotopic (exact) mass is 554 g/mol. The van der Waals surface area contributed by atoms with Crippen molar-refractivity contribution in [2.45, 2.75) is 0 Å². The van der Waals surface area contributed by atoms with Gasteiger partial charge >= 0.3 is 0 Å². The second-order valence-corrected chi connectivity index (χ2v) is 10.7. The first kappa shape index (κ1) is 17.3. The van der Waals surface area contributed by atoms with Crippen molar-refractivity contribution in [2.75, 3.05) is 0 Å². The summed E-state index contributed by atoms with van der Waals surface area (Å²) in [7, 11) is 0. The summed E-state index contributed by atoms with van der Waals surface area (Å²) >= 11 is 0. The van der Waals surface area contributed by atoms with E-state index in [-0.39, 0.29) is 45.7 Å². The molecule has 1 heteroatoms. The lowest BCUT2D eigenvalue weighted by molar-refractivity contribution is 0.631. The fourth-order valence-electron chi connectivity index (χ4n) is 6.39. The third kappa shape index (κ3) is 3.72. The van der Waals surface area contributed by atoms with Gasteiger partial charge in [-0.25, -0.2) is 0 Å². The first-order valence-electron chi connectivity index (χ1n) is 18.1. The van der Waals surface area contributed by atoms with Gasteiger partial charge in [0.25, 0.3) is 0 Å². The highest BCUT2D eigenvalue weighted by molar-refractivity contribution is 6.26. The van der Waals surface area contributed by atoms with E-state index in [9.17, 15) is 5.48 Å². The predicted molar refractivity (Wildman–Crippen MR) is 183 cm³/mol. The van der Waals surface area contributed by atoms with E-state index in [1.54, 1.807) is 12.1 Å². The smallest absolute Gasteiger partial charge is 0.135 e. The summed E-state index contributed by atoms with van der Waals surface area (Å²) < 4.78 is 78.8. The minimum atomic E-state index is -0.431. The lowest BCUT2D eigenvalue weighted by atomic mass is 9.84. The van der Waals surface area contributed by atoms with Gasteiger partial charge in [0.05, 0.1) is 11.0 Å². The van der Waals surface area contributed by atoms with Crippen LogP contribution in [0.1, 0.15) is 11.0 Å². The van der Waals surface area contributed by atoms with Gasteiger partial charge in [0.2, 0.25) is 0 Å². The summed E-state index contributed by atoms with van der Waals surface area (Å²) in [4.78, 5) is 0. The van der Waals surface area contributed by atoms with Crippen molar-refractivity contribution < 1.29 is 15.4 Å². The maximum atomic E-state index is 9.37. The van der Waals surface area contributed by atoms with Crippen LogP contribution in [0.2, 0.25) is 0 Å². The van der Waals surface area contributed by atoms with Crippen LogP contribution in [0.25, 0.3) is 87.6 Å². The average molecular weight is 555 g/mol. The molecular weight excluding hydrogens is 520 g/mol. The highest BCUT2D eigenvalue weighted by Crippen LogP contribution is 2.46. The molecule has 0 aliphatic rings. The molecule has 0 saturated heterocycles. The van der Waals surface area contributed by atoms with Crippen LogP contribution in [0.3, 0.4) is 0 Å². The molecule has 0 bridgehead atoms. The Morgan fingerprint density at radius 3 is 1.86 bits per heavy atom. The minimum Gasteiger partial charge on any atom is -0.456 e. The summed E-state index contributed by atoms with van der Waals surface area (Å²) in [6.45, 7) is 0. The fraction of sp³-hybridized carbons (Fsp3) is 0. The van der Waals surface area contributed by atoms with E-state index in [0.717, 1.165) is 32.5 Å². The number of hydrogen-bond acceptors (Lipinski definition) is 1. The van der Waals surface area contributed by atoms with Gasteiger partial charge in [-0.3, -0.25) is 0 Å². The van der Waals surface area contributed by atoms with Gasteiger partial charge in [-0.2, -0.15) is 0 Å². The first-order valence-corrected chi connectivity index (χ1v) is 14.1. The molecule has 0 aliphatic carbocycles. The SMILES string of the molecule is [2H]c1c([2H])c([2H])c2c(-c3cccc4ccc5ccccc5c34)c3c([2H])c([2H])c([2H])c([2H])c3c(-c3ccc4oc(-c5ccccc5)cc4c3)c2c1[2H]. The molecule has 0 spiro atoms. The van der Waals surface area contributed by atoms with Crippen LogP contribution in [0, 0.1) is 0 Å². The lowest BCUT2D eigenvalue weighted by Crippen LogP contribution is -1.92. The maximum absolute atomic E-state index is 9.37. The van der Waals surface area contributed by atoms with Crippen LogP contribution < -0.4 is 0 Å². The van der Waals surface area contributed by atoms with Crippen LogP contribution in [0.15, 0.2) is 162 Å². The zero-order valence-electron chi connectivity index (χ0n) is 30.8. The van der Waals surface area contributed by atoms with Gasteiger partial charge in [0.1, 0.15) is 11.3 Å². The zero-order chi connectivity index (χ0) is 35.3. The van der Waals surface area contributed by atoms with Crippen molar-refractivity contribution >= 4 is 54.1 Å². The van der Waals surface area contributed by atoms with Crippen molar-refractivity contribution in [3.05, 3.63) is 158 Å². The average Bonchev–Trinajstić information content (AvgIpc) is 3.60. The second-order valence-electron chi connectivity index (χ2n) is 10.7. The zero-order valence-corrected chi connectivity index (χ0v) is 22.8. The molecule has 43 heavy (non-hydrogen) atoms. The number of hydrogen-bond donors (Lipinski definition) is 0. The number of rotatable bonds is 3. The molecule has 0 N–H and O–H groups in total. The van der Waals surface area contributed by atoms with Gasteiger partial charge < -0.3 is 4.42 Å². The van der Waals surface area contributed by atoms with E-state index < -0.39 is 24.2 Å². The normalized spacial score (nSPS) is 14.3. The Kier molecular flexibility index (Phi) is 3.80. The van der Waals surface area contributed by atoms with E-state index in [1.165, 1.54) is 0 Å². The molecule has 0 saturated carbocycles. The lowest BCUT2D eigenvalue weighted by Gasteiger charge is -2.19. The quantitative estimate of drug-likeness (QED) is 0.156. The van der Waals surface area contributed by atoms with Crippen molar-refractivity contribution in [2.24, 2.45) is 0 Å². The van der Waals surface area contributed by atoms with Crippen LogP contribution in [-0.2, 0) is 0 Å². The number of fused-ring (bicyclic) bond motifs is 6. The largest absolute Gasteiger partial charge is 0.456 e. The van der Waals surface area contributed by atoms with E-state index in [2.05, 4.69) is 0 Å². The van der Waals surface area contributed by atoms with Crippen LogP contribution in [0.4, 0.5) is 0 Å². The molecular formula is C42H26O. The van der Waals surface area contributed by atoms with Gasteiger partial charge in [-0.15, -0.1) is 0 Å². The van der Waals surface area contributed by atoms with E-state index in [0.29, 0.717) is 33.6 Å². The van der Waals surface area contributed by atoms with Gasteiger partial charge in [-0.05, 0) is 83.5 Å². The third-order valence-electron chi connectivity index (χ3n) is 8.28. The van der Waals surface area contributed by atoms with Crippen LogP contribution >= 0.6 is 0 Å². The first-order chi connectivity index (χ1) is 24.7. The number of furan rings is 1. The molecule has 0 amide bonds. The molecule has 1 nitrogen and oxygen atoms in total. The third-order valence-corrected chi connectivity index (χ3v) is 8.28. The number of benzene rings is 8. The van der Waals surface area contributed by atoms with E-state index in [1.807, 2.05) is 97.1 Å². The maximum Gasteiger partial charge on any atom is 0.135 e. The molecule has 200 valence electrons. The fourth-order valence-corrected chi connectivity index (χ4v) is 6.39. The van der Waals surface area contributed by atoms with Crippen molar-refractivity contribution in [1.29, 1.82) is 0 Å². The van der Waals surface area contributed by atoms with Crippen molar-refractivity contribution in [1.82, 2.24) is 0 Å². The Labute approximate surface area is 260 Å².